The number of anilines is 1. The zero-order chi connectivity index (χ0) is 15.0. The third kappa shape index (κ3) is 2.62. The molecule has 0 fully saturated rings. The average Bonchev–Trinajstić information content (AvgIpc) is 2.79. The molecule has 3 rings (SSSR count). The Balaban J connectivity index is 1.94. The molecule has 0 atom stereocenters. The van der Waals surface area contributed by atoms with Gasteiger partial charge in [-0.1, -0.05) is 17.7 Å². The smallest absolute Gasteiger partial charge is 0.272 e. The van der Waals surface area contributed by atoms with E-state index in [4.69, 9.17) is 11.6 Å². The second kappa shape index (κ2) is 5.22. The van der Waals surface area contributed by atoms with E-state index in [2.05, 4.69) is 5.32 Å². The van der Waals surface area contributed by atoms with Gasteiger partial charge in [0.1, 0.15) is 11.5 Å². The van der Waals surface area contributed by atoms with Crippen LogP contribution >= 0.6 is 11.6 Å². The number of hydrogen-bond acceptors (Lipinski definition) is 1. The number of carbonyl (C=O) groups excluding carboxylic acids is 1. The number of aromatic nitrogens is 1. The monoisotopic (exact) mass is 302 g/mol. The molecule has 1 amide bonds. The van der Waals surface area contributed by atoms with E-state index < -0.39 is 0 Å². The molecule has 0 aliphatic carbocycles. The van der Waals surface area contributed by atoms with Crippen molar-refractivity contribution in [3.63, 3.8) is 0 Å². The summed E-state index contributed by atoms with van der Waals surface area (Å²) in [7, 11) is 1.80. The average molecular weight is 303 g/mol. The second-order valence-corrected chi connectivity index (χ2v) is 5.19. The van der Waals surface area contributed by atoms with E-state index in [-0.39, 0.29) is 11.7 Å². The van der Waals surface area contributed by atoms with Gasteiger partial charge in [0, 0.05) is 28.7 Å². The van der Waals surface area contributed by atoms with Crippen LogP contribution in [0.25, 0.3) is 10.9 Å². The maximum absolute atomic E-state index is 12.9. The zero-order valence-electron chi connectivity index (χ0n) is 11.2. The van der Waals surface area contributed by atoms with E-state index in [1.807, 2.05) is 12.1 Å². The van der Waals surface area contributed by atoms with Crippen LogP contribution < -0.4 is 5.32 Å². The Labute approximate surface area is 125 Å². The van der Waals surface area contributed by atoms with Gasteiger partial charge in [-0.3, -0.25) is 4.79 Å². The molecule has 1 N–H and O–H groups in total. The first-order valence-corrected chi connectivity index (χ1v) is 6.74. The van der Waals surface area contributed by atoms with E-state index in [0.717, 1.165) is 10.9 Å². The zero-order valence-corrected chi connectivity index (χ0v) is 12.0. The Kier molecular flexibility index (Phi) is 3.39. The van der Waals surface area contributed by atoms with Gasteiger partial charge in [-0.2, -0.15) is 0 Å². The fraction of sp³-hybridized carbons (Fsp3) is 0.0625. The maximum Gasteiger partial charge on any atom is 0.272 e. The number of hydrogen-bond donors (Lipinski definition) is 1. The summed E-state index contributed by atoms with van der Waals surface area (Å²) in [5.74, 6) is -0.594. The summed E-state index contributed by atoms with van der Waals surface area (Å²) in [5, 5.41) is 4.30. The Morgan fingerprint density at radius 2 is 1.86 bits per heavy atom. The van der Waals surface area contributed by atoms with Crippen LogP contribution in [-0.4, -0.2) is 10.5 Å². The molecule has 0 aliphatic rings. The molecule has 0 unspecified atom stereocenters. The quantitative estimate of drug-likeness (QED) is 0.755. The van der Waals surface area contributed by atoms with E-state index in [1.165, 1.54) is 24.3 Å². The summed E-state index contributed by atoms with van der Waals surface area (Å²) in [4.78, 5) is 12.3. The van der Waals surface area contributed by atoms with E-state index >= 15 is 0 Å². The summed E-state index contributed by atoms with van der Waals surface area (Å²) in [6.45, 7) is 0. The number of halogens is 2. The number of amides is 1. The van der Waals surface area contributed by atoms with Crippen molar-refractivity contribution in [2.75, 3.05) is 5.32 Å². The maximum atomic E-state index is 12.9. The highest BCUT2D eigenvalue weighted by atomic mass is 35.5. The molecule has 0 bridgehead atoms. The highest BCUT2D eigenvalue weighted by molar-refractivity contribution is 6.31. The van der Waals surface area contributed by atoms with E-state index in [9.17, 15) is 9.18 Å². The molecule has 1 aromatic heterocycles. The van der Waals surface area contributed by atoms with Crippen molar-refractivity contribution in [3.8, 4) is 0 Å². The molecule has 106 valence electrons. The van der Waals surface area contributed by atoms with Gasteiger partial charge < -0.3 is 9.88 Å². The Morgan fingerprint density at radius 1 is 1.14 bits per heavy atom. The van der Waals surface area contributed by atoms with Crippen molar-refractivity contribution in [2.45, 2.75) is 0 Å². The molecule has 0 aliphatic heterocycles. The highest BCUT2D eigenvalue weighted by Gasteiger charge is 2.13. The third-order valence-electron chi connectivity index (χ3n) is 3.34. The molecule has 5 heteroatoms. The van der Waals surface area contributed by atoms with Crippen LogP contribution in [0.1, 0.15) is 10.5 Å². The lowest BCUT2D eigenvalue weighted by molar-refractivity contribution is 0.101. The third-order valence-corrected chi connectivity index (χ3v) is 3.58. The van der Waals surface area contributed by atoms with Crippen molar-refractivity contribution in [2.24, 2.45) is 7.05 Å². The molecule has 0 saturated heterocycles. The number of nitrogens with one attached hydrogen (secondary N) is 1. The first-order chi connectivity index (χ1) is 10.0. The van der Waals surface area contributed by atoms with Gasteiger partial charge in [0.05, 0.1) is 0 Å². The molecule has 0 spiro atoms. The van der Waals surface area contributed by atoms with Crippen LogP contribution in [0, 0.1) is 5.82 Å². The van der Waals surface area contributed by atoms with Gasteiger partial charge in [0.25, 0.3) is 5.91 Å². The summed E-state index contributed by atoms with van der Waals surface area (Å²) in [6.07, 6.45) is 0. The lowest BCUT2D eigenvalue weighted by Crippen LogP contribution is -2.15. The van der Waals surface area contributed by atoms with Crippen LogP contribution in [-0.2, 0) is 7.05 Å². The Morgan fingerprint density at radius 3 is 2.57 bits per heavy atom. The van der Waals surface area contributed by atoms with Crippen molar-refractivity contribution in [1.29, 1.82) is 0 Å². The van der Waals surface area contributed by atoms with Crippen molar-refractivity contribution in [1.82, 2.24) is 4.57 Å². The lowest BCUT2D eigenvalue weighted by atomic mass is 10.2. The van der Waals surface area contributed by atoms with Crippen molar-refractivity contribution < 1.29 is 9.18 Å². The predicted molar refractivity (Wildman–Crippen MR) is 82.3 cm³/mol. The predicted octanol–water partition coefficient (Wildman–Crippen LogP) is 4.22. The lowest BCUT2D eigenvalue weighted by Gasteiger charge is -2.06. The van der Waals surface area contributed by atoms with Crippen LogP contribution in [0.2, 0.25) is 5.02 Å². The summed E-state index contributed by atoms with van der Waals surface area (Å²) >= 11 is 5.97. The van der Waals surface area contributed by atoms with Crippen molar-refractivity contribution >= 4 is 34.1 Å². The molecule has 0 saturated carbocycles. The topological polar surface area (TPSA) is 34.0 Å². The normalized spacial score (nSPS) is 10.8. The minimum Gasteiger partial charge on any atom is -0.340 e. The molecule has 2 aromatic carbocycles. The van der Waals surface area contributed by atoms with Crippen LogP contribution in [0.15, 0.2) is 48.5 Å². The number of rotatable bonds is 2. The van der Waals surface area contributed by atoms with E-state index in [1.54, 1.807) is 23.7 Å². The van der Waals surface area contributed by atoms with Crippen molar-refractivity contribution in [3.05, 3.63) is 65.1 Å². The first-order valence-electron chi connectivity index (χ1n) is 6.36. The van der Waals surface area contributed by atoms with Gasteiger partial charge in [-0.05, 0) is 42.5 Å². The Bertz CT molecular complexity index is 824. The largest absolute Gasteiger partial charge is 0.340 e. The standard InChI is InChI=1S/C16H12ClFN2O/c1-20-14-9-11(17)3-2-10(14)8-15(20)16(21)19-13-6-4-12(18)5-7-13/h2-9H,1H3,(H,19,21). The summed E-state index contributed by atoms with van der Waals surface area (Å²) in [6, 6.07) is 12.9. The van der Waals surface area contributed by atoms with Crippen LogP contribution in [0.5, 0.6) is 0 Å². The first kappa shape index (κ1) is 13.6. The fourth-order valence-corrected chi connectivity index (χ4v) is 2.42. The van der Waals surface area contributed by atoms with Crippen LogP contribution in [0.3, 0.4) is 0 Å². The number of nitrogens with zero attached hydrogens (tertiary/aromatic N) is 1. The minimum absolute atomic E-state index is 0.253. The molecule has 3 aromatic rings. The molecular weight excluding hydrogens is 291 g/mol. The number of benzene rings is 2. The minimum atomic E-state index is -0.341. The second-order valence-electron chi connectivity index (χ2n) is 4.75. The number of fused-ring (bicyclic) bond motifs is 1. The van der Waals surface area contributed by atoms with Gasteiger partial charge in [0.15, 0.2) is 0 Å². The fourth-order valence-electron chi connectivity index (χ4n) is 2.25. The number of aryl methyl sites for hydroxylation is 1. The molecular formula is C16H12ClFN2O. The molecule has 1 heterocycles. The Hall–Kier alpha value is -2.33. The van der Waals surface area contributed by atoms with Gasteiger partial charge in [0.2, 0.25) is 0 Å². The van der Waals surface area contributed by atoms with Crippen LogP contribution in [0.4, 0.5) is 10.1 Å². The molecule has 0 radical (unpaired) electrons. The molecule has 21 heavy (non-hydrogen) atoms. The van der Waals surface area contributed by atoms with Gasteiger partial charge in [-0.15, -0.1) is 0 Å². The summed E-state index contributed by atoms with van der Waals surface area (Å²) < 4.78 is 14.6. The highest BCUT2D eigenvalue weighted by Crippen LogP contribution is 2.23. The van der Waals surface area contributed by atoms with Gasteiger partial charge in [-0.25, -0.2) is 4.39 Å². The van der Waals surface area contributed by atoms with E-state index in [0.29, 0.717) is 16.4 Å². The SMILES string of the molecule is Cn1c(C(=O)Nc2ccc(F)cc2)cc2ccc(Cl)cc21. The summed E-state index contributed by atoms with van der Waals surface area (Å²) in [5.41, 5.74) is 1.94. The van der Waals surface area contributed by atoms with Gasteiger partial charge >= 0.3 is 0 Å². The molecule has 3 nitrogen and oxygen atoms in total. The number of carbonyl (C=O) groups is 1.